The molecule has 0 atom stereocenters. The summed E-state index contributed by atoms with van der Waals surface area (Å²) in [7, 11) is -3.46. The number of benzene rings is 1. The van der Waals surface area contributed by atoms with Gasteiger partial charge in [0.15, 0.2) is 11.0 Å². The number of piperidine rings is 1. The molecule has 2 heterocycles. The highest BCUT2D eigenvalue weighted by atomic mass is 32.2. The summed E-state index contributed by atoms with van der Waals surface area (Å²) in [6, 6.07) is 7.18. The maximum absolute atomic E-state index is 12.9. The van der Waals surface area contributed by atoms with E-state index in [1.807, 2.05) is 11.5 Å². The molecule has 2 fully saturated rings. The Hall–Kier alpha value is -1.91. The van der Waals surface area contributed by atoms with Crippen LogP contribution >= 0.6 is 11.8 Å². The van der Waals surface area contributed by atoms with Crippen molar-refractivity contribution in [3.05, 3.63) is 24.3 Å². The molecule has 0 spiro atoms. The van der Waals surface area contributed by atoms with Crippen molar-refractivity contribution in [2.75, 3.05) is 18.8 Å². The van der Waals surface area contributed by atoms with E-state index in [1.165, 1.54) is 31.0 Å². The molecule has 1 aliphatic heterocycles. The lowest BCUT2D eigenvalue weighted by Gasteiger charge is -2.25. The predicted molar refractivity (Wildman–Crippen MR) is 129 cm³/mol. The summed E-state index contributed by atoms with van der Waals surface area (Å²) in [6.07, 6.45) is 8.67. The van der Waals surface area contributed by atoms with Crippen LogP contribution in [0.15, 0.2) is 34.3 Å². The maximum Gasteiger partial charge on any atom is 0.243 e. The van der Waals surface area contributed by atoms with Crippen molar-refractivity contribution >= 4 is 27.7 Å². The Kier molecular flexibility index (Phi) is 8.08. The molecule has 0 bridgehead atoms. The lowest BCUT2D eigenvalue weighted by atomic mass is 9.95. The molecule has 4 rings (SSSR count). The standard InChI is InChI=1S/C23H33N5O3S2/c1-2-28-22(25-26-23(28)32-17-21(29)24-19-9-5-3-6-10-19)18-11-13-20(14-12-18)33(30,31)27-15-7-4-8-16-27/h11-14,19H,2-10,15-17H2,1H3,(H,24,29). The molecular formula is C23H33N5O3S2. The summed E-state index contributed by atoms with van der Waals surface area (Å²) in [5, 5.41) is 12.5. The average molecular weight is 492 g/mol. The second kappa shape index (κ2) is 11.0. The van der Waals surface area contributed by atoms with Crippen molar-refractivity contribution in [2.24, 2.45) is 0 Å². The number of hydrogen-bond acceptors (Lipinski definition) is 6. The van der Waals surface area contributed by atoms with Gasteiger partial charge in [0.2, 0.25) is 15.9 Å². The molecule has 1 N–H and O–H groups in total. The van der Waals surface area contributed by atoms with E-state index < -0.39 is 10.0 Å². The number of amides is 1. The molecular weight excluding hydrogens is 458 g/mol. The lowest BCUT2D eigenvalue weighted by molar-refractivity contribution is -0.119. The number of carbonyl (C=O) groups excluding carboxylic acids is 1. The Labute approximate surface area is 200 Å². The summed E-state index contributed by atoms with van der Waals surface area (Å²) in [4.78, 5) is 12.7. The van der Waals surface area contributed by atoms with Gasteiger partial charge in [-0.25, -0.2) is 8.42 Å². The molecule has 10 heteroatoms. The Balaban J connectivity index is 1.42. The smallest absolute Gasteiger partial charge is 0.243 e. The summed E-state index contributed by atoms with van der Waals surface area (Å²) in [5.74, 6) is 1.02. The van der Waals surface area contributed by atoms with Gasteiger partial charge in [-0.2, -0.15) is 4.31 Å². The second-order valence-corrected chi connectivity index (χ2v) is 11.6. The number of thioether (sulfide) groups is 1. The Morgan fingerprint density at radius 2 is 1.70 bits per heavy atom. The Bertz CT molecular complexity index is 1040. The van der Waals surface area contributed by atoms with Gasteiger partial charge in [-0.1, -0.05) is 37.4 Å². The summed E-state index contributed by atoms with van der Waals surface area (Å²) in [5.41, 5.74) is 0.806. The average Bonchev–Trinajstić information content (AvgIpc) is 3.27. The highest BCUT2D eigenvalue weighted by Gasteiger charge is 2.26. The van der Waals surface area contributed by atoms with Crippen molar-refractivity contribution < 1.29 is 13.2 Å². The van der Waals surface area contributed by atoms with Crippen LogP contribution in [-0.2, 0) is 21.4 Å². The first kappa shape index (κ1) is 24.2. The van der Waals surface area contributed by atoms with E-state index in [-0.39, 0.29) is 5.91 Å². The zero-order chi connectivity index (χ0) is 23.3. The third-order valence-electron chi connectivity index (χ3n) is 6.40. The molecule has 1 saturated heterocycles. The molecule has 1 saturated carbocycles. The van der Waals surface area contributed by atoms with Gasteiger partial charge in [-0.05, 0) is 56.9 Å². The molecule has 33 heavy (non-hydrogen) atoms. The molecule has 1 aromatic heterocycles. The van der Waals surface area contributed by atoms with Crippen LogP contribution in [0.3, 0.4) is 0 Å². The zero-order valence-corrected chi connectivity index (χ0v) is 20.8. The van der Waals surface area contributed by atoms with Crippen LogP contribution in [-0.4, -0.2) is 58.3 Å². The first-order chi connectivity index (χ1) is 16.0. The molecule has 1 amide bonds. The third-order valence-corrected chi connectivity index (χ3v) is 9.28. The van der Waals surface area contributed by atoms with E-state index in [2.05, 4.69) is 15.5 Å². The van der Waals surface area contributed by atoms with Crippen molar-refractivity contribution in [1.82, 2.24) is 24.4 Å². The molecule has 1 aliphatic carbocycles. The van der Waals surface area contributed by atoms with Crippen molar-refractivity contribution in [2.45, 2.75) is 80.9 Å². The number of hydrogen-bond donors (Lipinski definition) is 1. The number of rotatable bonds is 8. The van der Waals surface area contributed by atoms with Gasteiger partial charge in [0, 0.05) is 31.2 Å². The normalized spacial score (nSPS) is 18.3. The largest absolute Gasteiger partial charge is 0.353 e. The fraction of sp³-hybridized carbons (Fsp3) is 0.609. The summed E-state index contributed by atoms with van der Waals surface area (Å²) < 4.78 is 29.4. The van der Waals surface area contributed by atoms with Crippen molar-refractivity contribution in [3.63, 3.8) is 0 Å². The van der Waals surface area contributed by atoms with Gasteiger partial charge in [0.1, 0.15) is 0 Å². The zero-order valence-electron chi connectivity index (χ0n) is 19.2. The van der Waals surface area contributed by atoms with E-state index in [9.17, 15) is 13.2 Å². The van der Waals surface area contributed by atoms with Gasteiger partial charge < -0.3 is 9.88 Å². The monoisotopic (exact) mass is 491 g/mol. The van der Waals surface area contributed by atoms with Crippen LogP contribution < -0.4 is 5.32 Å². The van der Waals surface area contributed by atoms with Gasteiger partial charge in [0.05, 0.1) is 10.6 Å². The number of nitrogens with one attached hydrogen (secondary N) is 1. The number of nitrogens with zero attached hydrogens (tertiary/aromatic N) is 4. The van der Waals surface area contributed by atoms with E-state index in [4.69, 9.17) is 0 Å². The highest BCUT2D eigenvalue weighted by molar-refractivity contribution is 7.99. The third kappa shape index (κ3) is 5.78. The van der Waals surface area contributed by atoms with E-state index >= 15 is 0 Å². The topological polar surface area (TPSA) is 97.2 Å². The van der Waals surface area contributed by atoms with Crippen LogP contribution in [0, 0.1) is 0 Å². The molecule has 180 valence electrons. The minimum atomic E-state index is -3.46. The number of aromatic nitrogens is 3. The summed E-state index contributed by atoms with van der Waals surface area (Å²) in [6.45, 7) is 3.84. The van der Waals surface area contributed by atoms with E-state index in [0.29, 0.717) is 47.3 Å². The first-order valence-corrected chi connectivity index (χ1v) is 14.4. The van der Waals surface area contributed by atoms with Gasteiger partial charge >= 0.3 is 0 Å². The van der Waals surface area contributed by atoms with Gasteiger partial charge in [0.25, 0.3) is 0 Å². The minimum Gasteiger partial charge on any atom is -0.353 e. The van der Waals surface area contributed by atoms with E-state index in [0.717, 1.165) is 37.7 Å². The van der Waals surface area contributed by atoms with Crippen LogP contribution in [0.4, 0.5) is 0 Å². The van der Waals surface area contributed by atoms with Gasteiger partial charge in [-0.3, -0.25) is 4.79 Å². The molecule has 8 nitrogen and oxygen atoms in total. The first-order valence-electron chi connectivity index (χ1n) is 11.9. The molecule has 0 radical (unpaired) electrons. The van der Waals surface area contributed by atoms with Crippen LogP contribution in [0.1, 0.15) is 58.3 Å². The number of sulfonamides is 1. The minimum absolute atomic E-state index is 0.0337. The Morgan fingerprint density at radius 3 is 2.36 bits per heavy atom. The fourth-order valence-corrected chi connectivity index (χ4v) is 6.90. The quantitative estimate of drug-likeness (QED) is 0.566. The maximum atomic E-state index is 12.9. The molecule has 2 aromatic rings. The van der Waals surface area contributed by atoms with Crippen LogP contribution in [0.25, 0.3) is 11.4 Å². The molecule has 2 aliphatic rings. The van der Waals surface area contributed by atoms with E-state index in [1.54, 1.807) is 28.6 Å². The number of carbonyl (C=O) groups is 1. The second-order valence-electron chi connectivity index (χ2n) is 8.73. The lowest BCUT2D eigenvalue weighted by Crippen LogP contribution is -2.37. The van der Waals surface area contributed by atoms with Crippen LogP contribution in [0.2, 0.25) is 0 Å². The van der Waals surface area contributed by atoms with Crippen molar-refractivity contribution in [1.29, 1.82) is 0 Å². The predicted octanol–water partition coefficient (Wildman–Crippen LogP) is 3.68. The fourth-order valence-electron chi connectivity index (χ4n) is 4.57. The van der Waals surface area contributed by atoms with Crippen LogP contribution in [0.5, 0.6) is 0 Å². The highest BCUT2D eigenvalue weighted by Crippen LogP contribution is 2.27. The summed E-state index contributed by atoms with van der Waals surface area (Å²) >= 11 is 1.38. The Morgan fingerprint density at radius 1 is 1.03 bits per heavy atom. The SMILES string of the molecule is CCn1c(SCC(=O)NC2CCCCC2)nnc1-c1ccc(S(=O)(=O)N2CCCCC2)cc1. The van der Waals surface area contributed by atoms with Crippen molar-refractivity contribution in [3.8, 4) is 11.4 Å². The molecule has 0 unspecified atom stereocenters. The van der Waals surface area contributed by atoms with Gasteiger partial charge in [-0.15, -0.1) is 10.2 Å². The molecule has 1 aromatic carbocycles.